The average molecular weight is 386 g/mol. The molecule has 26 heavy (non-hydrogen) atoms. The van der Waals surface area contributed by atoms with E-state index in [0.29, 0.717) is 12.6 Å². The van der Waals surface area contributed by atoms with E-state index in [2.05, 4.69) is 21.9 Å². The number of amides is 1. The standard InChI is InChI=1S/C18H28FN3O3S/c1-15-5-2-3-13-22(15)14-4-11-20-18(23)10-12-21-26(24,25)17-8-6-16(19)7-9-17/h6-9,15,21H,2-5,10-14H2,1H3,(H,20,23). The van der Waals surface area contributed by atoms with Crippen LogP contribution in [0.2, 0.25) is 0 Å². The number of hydrogen-bond donors (Lipinski definition) is 2. The number of nitrogens with one attached hydrogen (secondary N) is 2. The number of hydrogen-bond acceptors (Lipinski definition) is 4. The van der Waals surface area contributed by atoms with Crippen LogP contribution in [0.15, 0.2) is 29.2 Å². The number of nitrogens with zero attached hydrogens (tertiary/aromatic N) is 1. The molecule has 0 aliphatic carbocycles. The van der Waals surface area contributed by atoms with E-state index in [1.165, 1.54) is 31.4 Å². The zero-order valence-electron chi connectivity index (χ0n) is 15.2. The summed E-state index contributed by atoms with van der Waals surface area (Å²) < 4.78 is 39.2. The van der Waals surface area contributed by atoms with E-state index >= 15 is 0 Å². The molecule has 1 aliphatic rings. The zero-order chi connectivity index (χ0) is 19.0. The summed E-state index contributed by atoms with van der Waals surface area (Å²) >= 11 is 0. The summed E-state index contributed by atoms with van der Waals surface area (Å²) in [5.41, 5.74) is 0. The van der Waals surface area contributed by atoms with Gasteiger partial charge in [-0.05, 0) is 57.0 Å². The van der Waals surface area contributed by atoms with Crippen LogP contribution in [0, 0.1) is 5.82 Å². The molecular formula is C18H28FN3O3S. The number of sulfonamides is 1. The van der Waals surface area contributed by atoms with Crippen molar-refractivity contribution in [1.82, 2.24) is 14.9 Å². The summed E-state index contributed by atoms with van der Waals surface area (Å²) in [5.74, 6) is -0.680. The van der Waals surface area contributed by atoms with Gasteiger partial charge in [-0.1, -0.05) is 6.42 Å². The fourth-order valence-corrected chi connectivity index (χ4v) is 4.12. The minimum atomic E-state index is -3.72. The molecule has 1 heterocycles. The number of piperidine rings is 1. The van der Waals surface area contributed by atoms with E-state index < -0.39 is 15.8 Å². The highest BCUT2D eigenvalue weighted by Crippen LogP contribution is 2.16. The molecule has 1 amide bonds. The van der Waals surface area contributed by atoms with Gasteiger partial charge < -0.3 is 10.2 Å². The second-order valence-electron chi connectivity index (χ2n) is 6.69. The first kappa shape index (κ1) is 20.8. The predicted octanol–water partition coefficient (Wildman–Crippen LogP) is 1.87. The fraction of sp³-hybridized carbons (Fsp3) is 0.611. The molecule has 2 rings (SSSR count). The molecule has 2 N–H and O–H groups in total. The van der Waals surface area contributed by atoms with Gasteiger partial charge in [0.15, 0.2) is 0 Å². The summed E-state index contributed by atoms with van der Waals surface area (Å²) in [6.07, 6.45) is 4.73. The maximum Gasteiger partial charge on any atom is 0.240 e. The Balaban J connectivity index is 1.62. The first-order chi connectivity index (χ1) is 12.4. The van der Waals surface area contributed by atoms with Crippen LogP contribution in [0.4, 0.5) is 4.39 Å². The van der Waals surface area contributed by atoms with Crippen molar-refractivity contribution in [2.75, 3.05) is 26.2 Å². The van der Waals surface area contributed by atoms with Gasteiger partial charge in [-0.3, -0.25) is 4.79 Å². The molecule has 0 bridgehead atoms. The number of benzene rings is 1. The van der Waals surface area contributed by atoms with E-state index in [-0.39, 0.29) is 23.8 Å². The minimum absolute atomic E-state index is 0.00863. The summed E-state index contributed by atoms with van der Waals surface area (Å²) in [6, 6.07) is 5.17. The van der Waals surface area contributed by atoms with Crippen molar-refractivity contribution in [2.45, 2.75) is 50.0 Å². The Morgan fingerprint density at radius 1 is 1.23 bits per heavy atom. The molecule has 1 saturated heterocycles. The van der Waals surface area contributed by atoms with Crippen LogP contribution in [0.1, 0.15) is 39.0 Å². The summed E-state index contributed by atoms with van der Waals surface area (Å²) in [6.45, 7) is 4.94. The van der Waals surface area contributed by atoms with Crippen molar-refractivity contribution in [3.8, 4) is 0 Å². The van der Waals surface area contributed by atoms with Crippen LogP contribution >= 0.6 is 0 Å². The van der Waals surface area contributed by atoms with E-state index in [9.17, 15) is 17.6 Å². The molecule has 1 aromatic carbocycles. The predicted molar refractivity (Wildman–Crippen MR) is 98.7 cm³/mol. The second-order valence-corrected chi connectivity index (χ2v) is 8.45. The number of halogens is 1. The lowest BCUT2D eigenvalue weighted by Gasteiger charge is -2.33. The van der Waals surface area contributed by atoms with Crippen LogP contribution in [0.3, 0.4) is 0 Å². The molecular weight excluding hydrogens is 357 g/mol. The van der Waals surface area contributed by atoms with Gasteiger partial charge in [-0.25, -0.2) is 17.5 Å². The minimum Gasteiger partial charge on any atom is -0.356 e. The fourth-order valence-electron chi connectivity index (χ4n) is 3.08. The first-order valence-electron chi connectivity index (χ1n) is 9.14. The Bertz CT molecular complexity index is 679. The molecule has 0 aromatic heterocycles. The maximum absolute atomic E-state index is 12.8. The molecule has 1 aromatic rings. The van der Waals surface area contributed by atoms with Crippen molar-refractivity contribution < 1.29 is 17.6 Å². The highest BCUT2D eigenvalue weighted by molar-refractivity contribution is 7.89. The summed E-state index contributed by atoms with van der Waals surface area (Å²) in [4.78, 5) is 14.2. The molecule has 1 aliphatic heterocycles. The number of likely N-dealkylation sites (tertiary alicyclic amines) is 1. The van der Waals surface area contributed by atoms with Crippen molar-refractivity contribution in [3.63, 3.8) is 0 Å². The van der Waals surface area contributed by atoms with E-state index in [4.69, 9.17) is 0 Å². The van der Waals surface area contributed by atoms with E-state index in [1.807, 2.05) is 0 Å². The van der Waals surface area contributed by atoms with Gasteiger partial charge in [0, 0.05) is 32.1 Å². The van der Waals surface area contributed by atoms with Crippen molar-refractivity contribution >= 4 is 15.9 Å². The van der Waals surface area contributed by atoms with Crippen LogP contribution < -0.4 is 10.0 Å². The van der Waals surface area contributed by atoms with Gasteiger partial charge in [0.25, 0.3) is 0 Å². The van der Waals surface area contributed by atoms with Crippen LogP contribution in [-0.2, 0) is 14.8 Å². The molecule has 6 nitrogen and oxygen atoms in total. The highest BCUT2D eigenvalue weighted by atomic mass is 32.2. The Kier molecular flexibility index (Phi) is 7.99. The molecule has 1 fully saturated rings. The maximum atomic E-state index is 12.8. The smallest absolute Gasteiger partial charge is 0.240 e. The molecule has 0 saturated carbocycles. The summed E-state index contributed by atoms with van der Waals surface area (Å²) in [7, 11) is -3.72. The number of rotatable bonds is 9. The second kappa shape index (κ2) is 9.99. The third-order valence-corrected chi connectivity index (χ3v) is 6.13. The molecule has 8 heteroatoms. The van der Waals surface area contributed by atoms with Gasteiger partial charge >= 0.3 is 0 Å². The average Bonchev–Trinajstić information content (AvgIpc) is 2.60. The van der Waals surface area contributed by atoms with Gasteiger partial charge in [-0.2, -0.15) is 0 Å². The molecule has 0 spiro atoms. The van der Waals surface area contributed by atoms with Gasteiger partial charge in [-0.15, -0.1) is 0 Å². The topological polar surface area (TPSA) is 78.5 Å². The Hall–Kier alpha value is -1.51. The van der Waals surface area contributed by atoms with Gasteiger partial charge in [0.2, 0.25) is 15.9 Å². The number of carbonyl (C=O) groups is 1. The van der Waals surface area contributed by atoms with Crippen LogP contribution in [-0.4, -0.2) is 51.4 Å². The summed E-state index contributed by atoms with van der Waals surface area (Å²) in [5, 5.41) is 2.82. The lowest BCUT2D eigenvalue weighted by Crippen LogP contribution is -2.39. The van der Waals surface area contributed by atoms with E-state index in [1.54, 1.807) is 0 Å². The van der Waals surface area contributed by atoms with Gasteiger partial charge in [0.05, 0.1) is 4.90 Å². The van der Waals surface area contributed by atoms with Crippen molar-refractivity contribution in [3.05, 3.63) is 30.1 Å². The van der Waals surface area contributed by atoms with Crippen molar-refractivity contribution in [1.29, 1.82) is 0 Å². The molecule has 146 valence electrons. The largest absolute Gasteiger partial charge is 0.356 e. The Labute approximate surface area is 155 Å². The Morgan fingerprint density at radius 2 is 1.96 bits per heavy atom. The molecule has 0 radical (unpaired) electrons. The highest BCUT2D eigenvalue weighted by Gasteiger charge is 2.17. The molecule has 1 unspecified atom stereocenters. The SMILES string of the molecule is CC1CCCCN1CCCNC(=O)CCNS(=O)(=O)c1ccc(F)cc1. The Morgan fingerprint density at radius 3 is 2.65 bits per heavy atom. The normalized spacial score (nSPS) is 18.6. The first-order valence-corrected chi connectivity index (χ1v) is 10.6. The van der Waals surface area contributed by atoms with E-state index in [0.717, 1.165) is 31.6 Å². The third-order valence-electron chi connectivity index (χ3n) is 4.65. The quantitative estimate of drug-likeness (QED) is 0.636. The number of carbonyl (C=O) groups excluding carboxylic acids is 1. The van der Waals surface area contributed by atoms with Crippen molar-refractivity contribution in [2.24, 2.45) is 0 Å². The van der Waals surface area contributed by atoms with Crippen LogP contribution in [0.5, 0.6) is 0 Å². The lowest BCUT2D eigenvalue weighted by molar-refractivity contribution is -0.120. The third kappa shape index (κ3) is 6.66. The monoisotopic (exact) mass is 385 g/mol. The molecule has 1 atom stereocenters. The lowest BCUT2D eigenvalue weighted by atomic mass is 10.0. The van der Waals surface area contributed by atoms with Gasteiger partial charge in [0.1, 0.15) is 5.82 Å². The van der Waals surface area contributed by atoms with Crippen LogP contribution in [0.25, 0.3) is 0 Å². The zero-order valence-corrected chi connectivity index (χ0v) is 16.0.